The molecule has 0 amide bonds. The predicted octanol–water partition coefficient (Wildman–Crippen LogP) is 3.17. The zero-order chi connectivity index (χ0) is 49.0. The van der Waals surface area contributed by atoms with Gasteiger partial charge in [0.15, 0.2) is 11.6 Å². The quantitative estimate of drug-likeness (QED) is 0.0885. The molecule has 2 atom stereocenters. The van der Waals surface area contributed by atoms with Crippen LogP contribution in [-0.4, -0.2) is 178 Å². The van der Waals surface area contributed by atoms with Gasteiger partial charge < -0.3 is 70.3 Å². The van der Waals surface area contributed by atoms with E-state index in [1.807, 2.05) is 38.4 Å². The van der Waals surface area contributed by atoms with E-state index in [2.05, 4.69) is 66.4 Å². The third-order valence-corrected chi connectivity index (χ3v) is 10.3. The van der Waals surface area contributed by atoms with Gasteiger partial charge in [0.05, 0.1) is 24.6 Å². The van der Waals surface area contributed by atoms with Crippen molar-refractivity contribution in [3.63, 3.8) is 0 Å². The number of hydrogen-bond donors (Lipinski definition) is 8. The maximum atomic E-state index is 9.55. The molecule has 0 bridgehead atoms. The molecule has 0 saturated carbocycles. The molecule has 0 radical (unpaired) electrons. The Morgan fingerprint density at radius 1 is 0.561 bits per heavy atom. The third kappa shape index (κ3) is 21.4. The molecule has 6 heterocycles. The van der Waals surface area contributed by atoms with Crippen LogP contribution in [0.25, 0.3) is 0 Å². The highest BCUT2D eigenvalue weighted by atomic mass is 16.5. The van der Waals surface area contributed by atoms with Gasteiger partial charge in [0.25, 0.3) is 0 Å². The Hall–Kier alpha value is -6.62. The molecule has 0 spiro atoms. The number of likely N-dealkylation sites (tertiary alicyclic amines) is 2. The molecule has 364 valence electrons. The minimum Gasteiger partial charge on any atom is -0.478 e. The molecule has 22 nitrogen and oxygen atoms in total. The van der Waals surface area contributed by atoms with Crippen molar-refractivity contribution < 1.29 is 68.9 Å². The van der Waals surface area contributed by atoms with Crippen LogP contribution >= 0.6 is 0 Å². The number of anilines is 4. The van der Waals surface area contributed by atoms with Crippen LogP contribution in [-0.2, 0) is 38.2 Å². The van der Waals surface area contributed by atoms with Crippen LogP contribution in [0.1, 0.15) is 39.5 Å². The molecule has 8 N–H and O–H groups in total. The van der Waals surface area contributed by atoms with E-state index in [0.717, 1.165) is 51.2 Å². The molecule has 2 aromatic heterocycles. The average molecular weight is 929 g/mol. The highest BCUT2D eigenvalue weighted by molar-refractivity contribution is 5.90. The van der Waals surface area contributed by atoms with E-state index in [1.165, 1.54) is 63.2 Å². The molecule has 4 aliphatic rings. The maximum absolute atomic E-state index is 9.55. The number of rotatable bonds is 16. The number of ether oxygens (including phenoxy) is 2. The van der Waals surface area contributed by atoms with Gasteiger partial charge in [-0.1, -0.05) is 0 Å². The first-order chi connectivity index (χ1) is 31.5. The number of aliphatic carboxylic acids is 6. The Kier molecular flexibility index (Phi) is 25.7. The summed E-state index contributed by atoms with van der Waals surface area (Å²) in [5.74, 6) is -4.13. The maximum Gasteiger partial charge on any atom is 0.328 e. The molecule has 22 heteroatoms. The fourth-order valence-electron chi connectivity index (χ4n) is 7.21. The topological polar surface area (TPSA) is 305 Å². The van der Waals surface area contributed by atoms with Crippen molar-refractivity contribution in [2.45, 2.75) is 51.9 Å². The Labute approximate surface area is 383 Å². The van der Waals surface area contributed by atoms with E-state index in [-0.39, 0.29) is 0 Å². The monoisotopic (exact) mass is 928 g/mol. The Morgan fingerprint density at radius 2 is 0.848 bits per heavy atom. The summed E-state index contributed by atoms with van der Waals surface area (Å²) in [6.45, 7) is 13.8. The first-order valence-corrected chi connectivity index (χ1v) is 21.4. The van der Waals surface area contributed by atoms with Gasteiger partial charge in [-0.05, 0) is 104 Å². The zero-order valence-corrected chi connectivity index (χ0v) is 37.8. The van der Waals surface area contributed by atoms with E-state index >= 15 is 0 Å². The van der Waals surface area contributed by atoms with Gasteiger partial charge in [-0.25, -0.2) is 38.7 Å². The molecule has 2 unspecified atom stereocenters. The summed E-state index contributed by atoms with van der Waals surface area (Å²) in [6, 6.07) is 8.36. The lowest BCUT2D eigenvalue weighted by Crippen LogP contribution is -2.47. The van der Waals surface area contributed by atoms with Gasteiger partial charge in [-0.15, -0.1) is 0 Å². The molecule has 0 aliphatic carbocycles. The van der Waals surface area contributed by atoms with Crippen LogP contribution in [0, 0.1) is 11.8 Å². The van der Waals surface area contributed by atoms with Crippen LogP contribution in [0.2, 0.25) is 0 Å². The number of fused-ring (bicyclic) bond motifs is 2. The average Bonchev–Trinajstić information content (AvgIpc) is 3.84. The number of hydrogen-bond acceptors (Lipinski definition) is 16. The number of pyridine rings is 2. The number of carboxylic acids is 6. The van der Waals surface area contributed by atoms with Gasteiger partial charge in [-0.3, -0.25) is 0 Å². The van der Waals surface area contributed by atoms with Crippen molar-refractivity contribution >= 4 is 58.8 Å². The fraction of sp³-hybridized carbons (Fsp3) is 0.500. The van der Waals surface area contributed by atoms with Crippen molar-refractivity contribution in [2.24, 2.45) is 11.8 Å². The van der Waals surface area contributed by atoms with Crippen LogP contribution < -0.4 is 20.4 Å². The van der Waals surface area contributed by atoms with Crippen LogP contribution in [0.3, 0.4) is 0 Å². The number of carbonyl (C=O) groups is 6. The molecular weight excluding hydrogens is 865 g/mol. The van der Waals surface area contributed by atoms with Crippen LogP contribution in [0.5, 0.6) is 0 Å². The third-order valence-electron chi connectivity index (χ3n) is 10.3. The van der Waals surface area contributed by atoms with Crippen LogP contribution in [0.4, 0.5) is 23.0 Å². The predicted molar refractivity (Wildman–Crippen MR) is 245 cm³/mol. The molecule has 2 fully saturated rings. The zero-order valence-electron chi connectivity index (χ0n) is 37.8. The van der Waals surface area contributed by atoms with Crippen molar-refractivity contribution in [2.75, 3.05) is 100 Å². The fourth-order valence-corrected chi connectivity index (χ4v) is 7.21. The van der Waals surface area contributed by atoms with Crippen molar-refractivity contribution in [3.05, 3.63) is 73.1 Å². The number of piperidine rings is 2. The number of aromatic nitrogens is 2. The molecule has 0 aromatic carbocycles. The Morgan fingerprint density at radius 3 is 1.11 bits per heavy atom. The first-order valence-electron chi connectivity index (χ1n) is 21.4. The smallest absolute Gasteiger partial charge is 0.328 e. The Balaban J connectivity index is 0.000000309. The molecule has 2 saturated heterocycles. The van der Waals surface area contributed by atoms with Gasteiger partial charge in [0, 0.05) is 87.0 Å². The Bertz CT molecular complexity index is 1720. The van der Waals surface area contributed by atoms with Crippen molar-refractivity contribution in [1.82, 2.24) is 19.8 Å². The van der Waals surface area contributed by atoms with Gasteiger partial charge in [0.2, 0.25) is 0 Å². The normalized spacial score (nSPS) is 18.2. The summed E-state index contributed by atoms with van der Waals surface area (Å²) in [4.78, 5) is 76.0. The second kappa shape index (κ2) is 30.5. The second-order valence-electron chi connectivity index (χ2n) is 15.0. The van der Waals surface area contributed by atoms with Gasteiger partial charge in [-0.2, -0.15) is 0 Å². The standard InChI is InChI=1S/2C16H26N4O.3C4H4O4/c2*1-3-21-12-11-20-14-5-4-8-17-15(14)18-16(20)13-6-9-19(2)10-7-13;3*5-3(6)1-2-4(7)8/h2*4-5,8,13,16H,3,6-7,9-12H2,1-2H3,(H,17,18);3*1-2H,(H,5,6)(H,7,8)/b;;3*2-1+. The summed E-state index contributed by atoms with van der Waals surface area (Å²) in [6.07, 6.45) is 12.8. The van der Waals surface area contributed by atoms with Crippen molar-refractivity contribution in [1.29, 1.82) is 0 Å². The molecule has 66 heavy (non-hydrogen) atoms. The minimum atomic E-state index is -1.26. The lowest BCUT2D eigenvalue weighted by molar-refractivity contribution is -0.134. The summed E-state index contributed by atoms with van der Waals surface area (Å²) in [5.41, 5.74) is 2.45. The van der Waals surface area contributed by atoms with E-state index in [1.54, 1.807) is 0 Å². The van der Waals surface area contributed by atoms with E-state index in [9.17, 15) is 28.8 Å². The van der Waals surface area contributed by atoms with Crippen LogP contribution in [0.15, 0.2) is 73.1 Å². The van der Waals surface area contributed by atoms with Gasteiger partial charge in [0.1, 0.15) is 12.3 Å². The number of nitrogens with one attached hydrogen (secondary N) is 2. The first kappa shape index (κ1) is 55.5. The SMILES string of the molecule is CCOCCN1c2cccnc2NC1C1CCN(C)CC1.CCOCCN1c2cccnc2NC1C1CCN(C)CC1.O=C(O)/C=C/C(=O)O.O=C(O)/C=C/C(=O)O.O=C(O)/C=C/C(=O)O. The minimum absolute atomic E-state index is 0.365. The summed E-state index contributed by atoms with van der Waals surface area (Å²) in [5, 5.41) is 54.1. The van der Waals surface area contributed by atoms with E-state index < -0.39 is 35.8 Å². The summed E-state index contributed by atoms with van der Waals surface area (Å²) < 4.78 is 11.1. The van der Waals surface area contributed by atoms with E-state index in [0.29, 0.717) is 60.6 Å². The lowest BCUT2D eigenvalue weighted by atomic mass is 9.93. The molecular formula is C44H64N8O14. The summed E-state index contributed by atoms with van der Waals surface area (Å²) in [7, 11) is 4.42. The van der Waals surface area contributed by atoms with Gasteiger partial charge >= 0.3 is 35.8 Å². The lowest BCUT2D eigenvalue weighted by Gasteiger charge is -2.37. The van der Waals surface area contributed by atoms with Crippen molar-refractivity contribution in [3.8, 4) is 0 Å². The highest BCUT2D eigenvalue weighted by Gasteiger charge is 2.37. The number of carboxylic acid groups (broad SMARTS) is 6. The highest BCUT2D eigenvalue weighted by Crippen LogP contribution is 2.38. The molecule has 2 aromatic rings. The molecule has 6 rings (SSSR count). The largest absolute Gasteiger partial charge is 0.478 e. The molecule has 4 aliphatic heterocycles. The van der Waals surface area contributed by atoms with E-state index in [4.69, 9.17) is 40.1 Å². The number of nitrogens with zero attached hydrogens (tertiary/aromatic N) is 6. The summed E-state index contributed by atoms with van der Waals surface area (Å²) >= 11 is 0. The second-order valence-corrected chi connectivity index (χ2v) is 15.0.